The highest BCUT2D eigenvalue weighted by Crippen LogP contribution is 2.27. The molecule has 170 valence electrons. The Morgan fingerprint density at radius 3 is 2.55 bits per heavy atom. The lowest BCUT2D eigenvalue weighted by Crippen LogP contribution is -2.48. The van der Waals surface area contributed by atoms with Crippen LogP contribution in [0.1, 0.15) is 22.7 Å². The summed E-state index contributed by atoms with van der Waals surface area (Å²) in [5, 5.41) is 10.1. The lowest BCUT2D eigenvalue weighted by molar-refractivity contribution is 0.373. The van der Waals surface area contributed by atoms with Crippen molar-refractivity contribution in [1.82, 2.24) is 9.29 Å². The van der Waals surface area contributed by atoms with E-state index in [9.17, 15) is 18.1 Å². The Morgan fingerprint density at radius 2 is 1.88 bits per heavy atom. The molecule has 3 aromatic rings. The van der Waals surface area contributed by atoms with Gasteiger partial charge >= 0.3 is 0 Å². The van der Waals surface area contributed by atoms with Crippen LogP contribution < -0.4 is 4.90 Å². The lowest BCUT2D eigenvalue weighted by Gasteiger charge is -2.33. The molecule has 1 aromatic heterocycles. The molecule has 33 heavy (non-hydrogen) atoms. The summed E-state index contributed by atoms with van der Waals surface area (Å²) in [5.41, 5.74) is 1.18. The zero-order valence-electron chi connectivity index (χ0n) is 17.7. The van der Waals surface area contributed by atoms with Gasteiger partial charge in [0, 0.05) is 37.3 Å². The maximum atomic E-state index is 13.5. The number of hydrogen-bond donors (Lipinski definition) is 0. The SMILES string of the molecule is Cc1cc(S(=O)(=O)N2CCN(c3oc(/C=C/c4ccccc4Cl)nc3C#N)CC2)ccc1F. The fourth-order valence-electron chi connectivity index (χ4n) is 3.52. The van der Waals surface area contributed by atoms with E-state index < -0.39 is 15.8 Å². The van der Waals surface area contributed by atoms with Crippen LogP contribution >= 0.6 is 11.6 Å². The number of anilines is 1. The van der Waals surface area contributed by atoms with Gasteiger partial charge in [0.25, 0.3) is 0 Å². The van der Waals surface area contributed by atoms with Crippen molar-refractivity contribution in [2.45, 2.75) is 11.8 Å². The average Bonchev–Trinajstić information content (AvgIpc) is 3.23. The van der Waals surface area contributed by atoms with Crippen molar-refractivity contribution >= 4 is 39.7 Å². The Bertz CT molecular complexity index is 1360. The normalized spacial score (nSPS) is 15.2. The molecule has 0 atom stereocenters. The van der Waals surface area contributed by atoms with Crippen molar-refractivity contribution in [2.75, 3.05) is 31.1 Å². The highest BCUT2D eigenvalue weighted by atomic mass is 35.5. The number of oxazole rings is 1. The van der Waals surface area contributed by atoms with Crippen molar-refractivity contribution in [3.8, 4) is 6.07 Å². The van der Waals surface area contributed by atoms with Crippen LogP contribution in [-0.4, -0.2) is 43.9 Å². The van der Waals surface area contributed by atoms with Crippen LogP contribution in [0.25, 0.3) is 12.2 Å². The molecule has 0 spiro atoms. The molecular formula is C23H20ClFN4O3S. The number of hydrogen-bond acceptors (Lipinski definition) is 6. The largest absolute Gasteiger partial charge is 0.420 e. The van der Waals surface area contributed by atoms with E-state index in [2.05, 4.69) is 4.98 Å². The van der Waals surface area contributed by atoms with Gasteiger partial charge in [-0.25, -0.2) is 12.8 Å². The Kier molecular flexibility index (Phi) is 6.51. The smallest absolute Gasteiger partial charge is 0.243 e. The van der Waals surface area contributed by atoms with Crippen LogP contribution in [0.3, 0.4) is 0 Å². The summed E-state index contributed by atoms with van der Waals surface area (Å²) < 4.78 is 46.6. The van der Waals surface area contributed by atoms with E-state index in [-0.39, 0.29) is 35.1 Å². The second-order valence-electron chi connectivity index (χ2n) is 7.47. The van der Waals surface area contributed by atoms with Crippen molar-refractivity contribution < 1.29 is 17.2 Å². The predicted molar refractivity (Wildman–Crippen MR) is 124 cm³/mol. The number of halogens is 2. The number of piperazine rings is 1. The number of nitrogens with zero attached hydrogens (tertiary/aromatic N) is 4. The summed E-state index contributed by atoms with van der Waals surface area (Å²) in [6.07, 6.45) is 3.37. The third kappa shape index (κ3) is 4.78. The summed E-state index contributed by atoms with van der Waals surface area (Å²) in [6, 6.07) is 13.1. The maximum Gasteiger partial charge on any atom is 0.243 e. The maximum absolute atomic E-state index is 13.5. The van der Waals surface area contributed by atoms with Crippen LogP contribution in [0.5, 0.6) is 0 Å². The van der Waals surface area contributed by atoms with Gasteiger partial charge in [-0.1, -0.05) is 29.8 Å². The van der Waals surface area contributed by atoms with Gasteiger partial charge in [-0.2, -0.15) is 14.6 Å². The second-order valence-corrected chi connectivity index (χ2v) is 9.82. The van der Waals surface area contributed by atoms with Crippen LogP contribution in [0, 0.1) is 24.1 Å². The van der Waals surface area contributed by atoms with E-state index in [0.29, 0.717) is 24.0 Å². The summed E-state index contributed by atoms with van der Waals surface area (Å²) in [7, 11) is -3.76. The van der Waals surface area contributed by atoms with E-state index in [1.54, 1.807) is 23.1 Å². The molecule has 0 N–H and O–H groups in total. The molecule has 4 rings (SSSR count). The van der Waals surface area contributed by atoms with E-state index >= 15 is 0 Å². The van der Waals surface area contributed by atoms with Gasteiger partial charge in [0.1, 0.15) is 11.9 Å². The summed E-state index contributed by atoms with van der Waals surface area (Å²) in [5.74, 6) is 0.0943. The Hall–Kier alpha value is -3.19. The van der Waals surface area contributed by atoms with Gasteiger partial charge in [-0.15, -0.1) is 0 Å². The monoisotopic (exact) mass is 486 g/mol. The van der Waals surface area contributed by atoms with E-state index in [0.717, 1.165) is 11.6 Å². The lowest BCUT2D eigenvalue weighted by atomic mass is 10.2. The number of benzene rings is 2. The molecule has 0 amide bonds. The van der Waals surface area contributed by atoms with E-state index in [1.165, 1.54) is 23.4 Å². The van der Waals surface area contributed by atoms with Crippen molar-refractivity contribution in [2.24, 2.45) is 0 Å². The minimum absolute atomic E-state index is 0.0548. The summed E-state index contributed by atoms with van der Waals surface area (Å²) in [4.78, 5) is 6.06. The van der Waals surface area contributed by atoms with Gasteiger partial charge in [-0.3, -0.25) is 0 Å². The van der Waals surface area contributed by atoms with E-state index in [4.69, 9.17) is 16.0 Å². The first-order valence-corrected chi connectivity index (χ1v) is 12.0. The molecule has 0 aliphatic carbocycles. The molecule has 1 saturated heterocycles. The van der Waals surface area contributed by atoms with E-state index in [1.807, 2.05) is 24.3 Å². The van der Waals surface area contributed by atoms with Crippen LogP contribution in [0.4, 0.5) is 10.3 Å². The third-order valence-corrected chi connectivity index (χ3v) is 7.57. The molecule has 1 fully saturated rings. The Morgan fingerprint density at radius 1 is 1.15 bits per heavy atom. The highest BCUT2D eigenvalue weighted by molar-refractivity contribution is 7.89. The van der Waals surface area contributed by atoms with Gasteiger partial charge in [-0.05, 0) is 48.4 Å². The number of aromatic nitrogens is 1. The summed E-state index contributed by atoms with van der Waals surface area (Å²) >= 11 is 6.15. The third-order valence-electron chi connectivity index (χ3n) is 5.34. The molecule has 0 saturated carbocycles. The molecule has 2 heterocycles. The Balaban J connectivity index is 1.49. The fourth-order valence-corrected chi connectivity index (χ4v) is 5.22. The minimum Gasteiger partial charge on any atom is -0.420 e. The molecule has 0 bridgehead atoms. The molecular weight excluding hydrogens is 467 g/mol. The number of aryl methyl sites for hydroxylation is 1. The second kappa shape index (κ2) is 9.35. The number of nitriles is 1. The first-order chi connectivity index (χ1) is 15.8. The standard InChI is InChI=1S/C23H20ClFN4O3S/c1-16-14-18(7-8-20(16)25)33(30,31)29-12-10-28(11-13-29)23-21(15-26)27-22(32-23)9-6-17-4-2-3-5-19(17)24/h2-9,14H,10-13H2,1H3/b9-6+. The fraction of sp³-hybridized carbons (Fsp3) is 0.217. The minimum atomic E-state index is -3.76. The number of rotatable bonds is 5. The molecule has 1 aliphatic heterocycles. The zero-order valence-corrected chi connectivity index (χ0v) is 19.3. The van der Waals surface area contributed by atoms with Crippen molar-refractivity contribution in [3.05, 3.63) is 76.0 Å². The first kappa shape index (κ1) is 23.0. The first-order valence-electron chi connectivity index (χ1n) is 10.1. The van der Waals surface area contributed by atoms with Crippen LogP contribution in [0.2, 0.25) is 5.02 Å². The van der Waals surface area contributed by atoms with Crippen LogP contribution in [-0.2, 0) is 10.0 Å². The molecule has 7 nitrogen and oxygen atoms in total. The quantitative estimate of drug-likeness (QED) is 0.533. The molecule has 1 aliphatic rings. The average molecular weight is 487 g/mol. The molecule has 10 heteroatoms. The van der Waals surface area contributed by atoms with Gasteiger partial charge in [0.15, 0.2) is 0 Å². The van der Waals surface area contributed by atoms with Crippen molar-refractivity contribution in [1.29, 1.82) is 5.26 Å². The highest BCUT2D eigenvalue weighted by Gasteiger charge is 2.31. The molecule has 2 aromatic carbocycles. The number of sulfonamides is 1. The zero-order chi connectivity index (χ0) is 23.6. The molecule has 0 unspecified atom stereocenters. The van der Waals surface area contributed by atoms with Crippen LogP contribution in [0.15, 0.2) is 51.8 Å². The topological polar surface area (TPSA) is 90.4 Å². The molecule has 0 radical (unpaired) electrons. The van der Waals surface area contributed by atoms with Crippen molar-refractivity contribution in [3.63, 3.8) is 0 Å². The summed E-state index contributed by atoms with van der Waals surface area (Å²) in [6.45, 7) is 2.54. The predicted octanol–water partition coefficient (Wildman–Crippen LogP) is 4.33. The van der Waals surface area contributed by atoms with Gasteiger partial charge in [0.05, 0.1) is 4.90 Å². The van der Waals surface area contributed by atoms with Gasteiger partial charge < -0.3 is 9.32 Å². The Labute approximate surface area is 196 Å². The van der Waals surface area contributed by atoms with Gasteiger partial charge in [0.2, 0.25) is 27.5 Å².